The van der Waals surface area contributed by atoms with Crippen molar-refractivity contribution in [1.29, 1.82) is 5.26 Å². The molecule has 2 aromatic rings. The molecule has 1 aromatic carbocycles. The van der Waals surface area contributed by atoms with E-state index in [0.717, 1.165) is 5.52 Å². The van der Waals surface area contributed by atoms with Gasteiger partial charge in [0.2, 0.25) is 5.91 Å². The van der Waals surface area contributed by atoms with Crippen LogP contribution < -0.4 is 5.32 Å². The first-order valence-electron chi connectivity index (χ1n) is 6.40. The van der Waals surface area contributed by atoms with Gasteiger partial charge in [0.1, 0.15) is 12.4 Å². The number of aromatic nitrogens is 2. The molecule has 0 aliphatic carbocycles. The molecule has 7 heteroatoms. The third-order valence-electron chi connectivity index (χ3n) is 3.01. The van der Waals surface area contributed by atoms with E-state index in [0.29, 0.717) is 30.1 Å². The largest absolute Gasteiger partial charge is 0.383 e. The van der Waals surface area contributed by atoms with Gasteiger partial charge in [0.25, 0.3) is 0 Å². The summed E-state index contributed by atoms with van der Waals surface area (Å²) in [4.78, 5) is 16.3. The number of nitrogens with zero attached hydrogens (tertiary/aromatic N) is 3. The molecule has 0 radical (unpaired) electrons. The lowest BCUT2D eigenvalue weighted by Crippen LogP contribution is -2.30. The Kier molecular flexibility index (Phi) is 5.14. The third-order valence-corrected chi connectivity index (χ3v) is 3.25. The standard InChI is InChI=1S/C14H15ClN4O2/c1-21-5-4-17-14(20)9-19-12-6-10(8-16)2-3-11(12)18-13(19)7-15/h2-3,6H,4-5,7,9H2,1H3,(H,17,20). The number of amides is 1. The summed E-state index contributed by atoms with van der Waals surface area (Å²) in [7, 11) is 1.57. The molecule has 0 atom stereocenters. The number of halogens is 1. The molecule has 0 saturated heterocycles. The minimum absolute atomic E-state index is 0.108. The SMILES string of the molecule is COCCNC(=O)Cn1c(CCl)nc2ccc(C#N)cc21. The van der Waals surface area contributed by atoms with Gasteiger partial charge in [-0.25, -0.2) is 4.98 Å². The van der Waals surface area contributed by atoms with Crippen LogP contribution in [0.4, 0.5) is 0 Å². The highest BCUT2D eigenvalue weighted by Crippen LogP contribution is 2.19. The molecule has 0 aliphatic rings. The maximum absolute atomic E-state index is 11.9. The van der Waals surface area contributed by atoms with Crippen LogP contribution in [0.15, 0.2) is 18.2 Å². The van der Waals surface area contributed by atoms with E-state index in [1.54, 1.807) is 29.9 Å². The normalized spacial score (nSPS) is 10.5. The van der Waals surface area contributed by atoms with Crippen LogP contribution in [-0.2, 0) is 22.0 Å². The highest BCUT2D eigenvalue weighted by atomic mass is 35.5. The van der Waals surface area contributed by atoms with Crippen LogP contribution >= 0.6 is 11.6 Å². The Morgan fingerprint density at radius 3 is 3.05 bits per heavy atom. The van der Waals surface area contributed by atoms with Crippen molar-refractivity contribution in [2.24, 2.45) is 0 Å². The van der Waals surface area contributed by atoms with Crippen molar-refractivity contribution in [2.75, 3.05) is 20.3 Å². The van der Waals surface area contributed by atoms with E-state index >= 15 is 0 Å². The number of imidazole rings is 1. The number of nitrogens with one attached hydrogen (secondary N) is 1. The van der Waals surface area contributed by atoms with Crippen molar-refractivity contribution in [2.45, 2.75) is 12.4 Å². The van der Waals surface area contributed by atoms with Crippen molar-refractivity contribution < 1.29 is 9.53 Å². The van der Waals surface area contributed by atoms with Crippen LogP contribution in [0.25, 0.3) is 11.0 Å². The number of rotatable bonds is 6. The lowest BCUT2D eigenvalue weighted by Gasteiger charge is -2.08. The number of nitriles is 1. The van der Waals surface area contributed by atoms with Crippen molar-refractivity contribution in [1.82, 2.24) is 14.9 Å². The van der Waals surface area contributed by atoms with Crippen LogP contribution in [0.2, 0.25) is 0 Å². The van der Waals surface area contributed by atoms with E-state index in [-0.39, 0.29) is 18.3 Å². The highest BCUT2D eigenvalue weighted by Gasteiger charge is 2.13. The number of methoxy groups -OCH3 is 1. The van der Waals surface area contributed by atoms with Gasteiger partial charge >= 0.3 is 0 Å². The Balaban J connectivity index is 2.28. The summed E-state index contributed by atoms with van der Waals surface area (Å²) in [6.45, 7) is 1.01. The van der Waals surface area contributed by atoms with Gasteiger partial charge in [-0.15, -0.1) is 11.6 Å². The Hall–Kier alpha value is -2.10. The predicted molar refractivity (Wildman–Crippen MR) is 78.9 cm³/mol. The zero-order chi connectivity index (χ0) is 15.2. The number of alkyl halides is 1. The van der Waals surface area contributed by atoms with Crippen LogP contribution in [0, 0.1) is 11.3 Å². The minimum atomic E-state index is -0.153. The topological polar surface area (TPSA) is 79.9 Å². The molecule has 1 aromatic heterocycles. The Labute approximate surface area is 127 Å². The molecule has 110 valence electrons. The van der Waals surface area contributed by atoms with Gasteiger partial charge in [0, 0.05) is 13.7 Å². The number of hydrogen-bond donors (Lipinski definition) is 1. The predicted octanol–water partition coefficient (Wildman–Crippen LogP) is 1.41. The number of hydrogen-bond acceptors (Lipinski definition) is 4. The minimum Gasteiger partial charge on any atom is -0.383 e. The van der Waals surface area contributed by atoms with Gasteiger partial charge < -0.3 is 14.6 Å². The van der Waals surface area contributed by atoms with E-state index in [4.69, 9.17) is 21.6 Å². The Bertz CT molecular complexity index is 690. The summed E-state index contributed by atoms with van der Waals surface area (Å²) in [6, 6.07) is 7.23. The monoisotopic (exact) mass is 306 g/mol. The fourth-order valence-corrected chi connectivity index (χ4v) is 2.22. The molecule has 1 amide bonds. The fourth-order valence-electron chi connectivity index (χ4n) is 2.01. The first-order chi connectivity index (χ1) is 10.2. The van der Waals surface area contributed by atoms with Crippen molar-refractivity contribution in [3.8, 4) is 6.07 Å². The summed E-state index contributed by atoms with van der Waals surface area (Å²) in [5.41, 5.74) is 1.96. The number of carbonyl (C=O) groups is 1. The second kappa shape index (κ2) is 7.07. The van der Waals surface area contributed by atoms with Crippen LogP contribution in [0.3, 0.4) is 0 Å². The summed E-state index contributed by atoms with van der Waals surface area (Å²) in [5.74, 6) is 0.644. The second-order valence-electron chi connectivity index (χ2n) is 4.41. The summed E-state index contributed by atoms with van der Waals surface area (Å²) in [5, 5.41) is 11.7. The lowest BCUT2D eigenvalue weighted by molar-refractivity contribution is -0.121. The van der Waals surface area contributed by atoms with E-state index in [1.165, 1.54) is 0 Å². The first-order valence-corrected chi connectivity index (χ1v) is 6.94. The molecule has 0 saturated carbocycles. The first kappa shape index (κ1) is 15.3. The van der Waals surface area contributed by atoms with Gasteiger partial charge in [-0.3, -0.25) is 4.79 Å². The van der Waals surface area contributed by atoms with E-state index in [9.17, 15) is 4.79 Å². The molecular weight excluding hydrogens is 292 g/mol. The van der Waals surface area contributed by atoms with Gasteiger partial charge in [0.15, 0.2) is 0 Å². The third kappa shape index (κ3) is 3.51. The van der Waals surface area contributed by atoms with Gasteiger partial charge in [-0.1, -0.05) is 0 Å². The smallest absolute Gasteiger partial charge is 0.240 e. The van der Waals surface area contributed by atoms with Gasteiger partial charge in [-0.2, -0.15) is 5.26 Å². The van der Waals surface area contributed by atoms with E-state index < -0.39 is 0 Å². The van der Waals surface area contributed by atoms with Crippen LogP contribution in [0.1, 0.15) is 11.4 Å². The molecule has 1 heterocycles. The average molecular weight is 307 g/mol. The van der Waals surface area contributed by atoms with Crippen molar-refractivity contribution in [3.63, 3.8) is 0 Å². The maximum atomic E-state index is 11.9. The van der Waals surface area contributed by atoms with E-state index in [2.05, 4.69) is 16.4 Å². The fraction of sp³-hybridized carbons (Fsp3) is 0.357. The summed E-state index contributed by atoms with van der Waals surface area (Å²) in [6.07, 6.45) is 0. The maximum Gasteiger partial charge on any atom is 0.240 e. The quantitative estimate of drug-likeness (QED) is 0.646. The Morgan fingerprint density at radius 1 is 1.57 bits per heavy atom. The number of ether oxygens (including phenoxy) is 1. The molecular formula is C14H15ClN4O2. The van der Waals surface area contributed by atoms with Gasteiger partial charge in [-0.05, 0) is 18.2 Å². The zero-order valence-electron chi connectivity index (χ0n) is 11.6. The Morgan fingerprint density at radius 2 is 2.38 bits per heavy atom. The second-order valence-corrected chi connectivity index (χ2v) is 4.67. The highest BCUT2D eigenvalue weighted by molar-refractivity contribution is 6.16. The summed E-state index contributed by atoms with van der Waals surface area (Å²) < 4.78 is 6.61. The molecule has 0 unspecified atom stereocenters. The summed E-state index contributed by atoms with van der Waals surface area (Å²) >= 11 is 5.89. The number of fused-ring (bicyclic) bond motifs is 1. The van der Waals surface area contributed by atoms with Crippen LogP contribution in [0.5, 0.6) is 0 Å². The average Bonchev–Trinajstić information content (AvgIpc) is 2.84. The molecule has 1 N–H and O–H groups in total. The molecule has 0 spiro atoms. The molecule has 21 heavy (non-hydrogen) atoms. The molecule has 0 aliphatic heterocycles. The molecule has 0 fully saturated rings. The van der Waals surface area contributed by atoms with Crippen LogP contribution in [-0.4, -0.2) is 35.7 Å². The number of benzene rings is 1. The molecule has 0 bridgehead atoms. The lowest BCUT2D eigenvalue weighted by atomic mass is 10.2. The number of carbonyl (C=O) groups excluding carboxylic acids is 1. The van der Waals surface area contributed by atoms with Crippen molar-refractivity contribution >= 4 is 28.5 Å². The van der Waals surface area contributed by atoms with Crippen molar-refractivity contribution in [3.05, 3.63) is 29.6 Å². The molecule has 6 nitrogen and oxygen atoms in total. The molecule has 2 rings (SSSR count). The zero-order valence-corrected chi connectivity index (χ0v) is 12.4. The van der Waals surface area contributed by atoms with E-state index in [1.807, 2.05) is 0 Å². The van der Waals surface area contributed by atoms with Gasteiger partial charge in [0.05, 0.1) is 35.2 Å².